The molecule has 1 saturated carbocycles. The van der Waals surface area contributed by atoms with Gasteiger partial charge in [0.1, 0.15) is 0 Å². The van der Waals surface area contributed by atoms with Crippen LogP contribution >= 0.6 is 0 Å². The van der Waals surface area contributed by atoms with E-state index in [1.807, 2.05) is 30.7 Å². The molecule has 2 aliphatic rings. The fourth-order valence-electron chi connectivity index (χ4n) is 4.85. The first kappa shape index (κ1) is 20.9. The number of aromatic amines is 1. The number of hydrogen-bond donors (Lipinski definition) is 1. The number of aromatic nitrogens is 2. The zero-order chi connectivity index (χ0) is 20.1. The first-order chi connectivity index (χ1) is 13.5. The van der Waals surface area contributed by atoms with Crippen molar-refractivity contribution in [3.8, 4) is 0 Å². The molecule has 2 heterocycles. The van der Waals surface area contributed by atoms with Crippen molar-refractivity contribution in [3.63, 3.8) is 0 Å². The number of hydrogen-bond acceptors (Lipinski definition) is 3. The molecule has 6 heteroatoms. The molecule has 2 amide bonds. The molecule has 6 nitrogen and oxygen atoms in total. The lowest BCUT2D eigenvalue weighted by Gasteiger charge is -2.38. The Balaban J connectivity index is 1.51. The second kappa shape index (κ2) is 9.57. The number of likely N-dealkylation sites (tertiary alicyclic amines) is 1. The number of nitrogens with one attached hydrogen (secondary N) is 1. The van der Waals surface area contributed by atoms with E-state index in [9.17, 15) is 9.59 Å². The third-order valence-corrected chi connectivity index (χ3v) is 6.64. The first-order valence-electron chi connectivity index (χ1n) is 11.0. The third-order valence-electron chi connectivity index (χ3n) is 6.64. The Kier molecular flexibility index (Phi) is 7.13. The molecule has 2 fully saturated rings. The van der Waals surface area contributed by atoms with Crippen molar-refractivity contribution < 1.29 is 9.59 Å². The van der Waals surface area contributed by atoms with Gasteiger partial charge in [0, 0.05) is 38.3 Å². The Bertz CT molecular complexity index is 657. The summed E-state index contributed by atoms with van der Waals surface area (Å²) in [7, 11) is 1.91. The Morgan fingerprint density at radius 3 is 2.54 bits per heavy atom. The second-order valence-electron chi connectivity index (χ2n) is 8.70. The molecule has 1 atom stereocenters. The summed E-state index contributed by atoms with van der Waals surface area (Å²) >= 11 is 0. The SMILES string of the molecule is Cc1n[nH]c(C)c1CCCN(C)C(=O)[C@H]1CCC(=O)N(C2CCCCCC2)C1. The van der Waals surface area contributed by atoms with Crippen LogP contribution in [-0.2, 0) is 16.0 Å². The molecule has 1 aliphatic carbocycles. The standard InChI is InChI=1S/C22H36N4O2/c1-16-20(17(2)24-23-16)11-8-14-25(3)22(28)18-12-13-21(27)26(15-18)19-9-6-4-5-7-10-19/h18-19H,4-15H2,1-3H3,(H,23,24)/t18-/m0/s1. The van der Waals surface area contributed by atoms with Gasteiger partial charge in [-0.3, -0.25) is 14.7 Å². The van der Waals surface area contributed by atoms with Crippen LogP contribution in [0.1, 0.15) is 74.7 Å². The monoisotopic (exact) mass is 388 g/mol. The van der Waals surface area contributed by atoms with E-state index in [-0.39, 0.29) is 17.7 Å². The zero-order valence-electron chi connectivity index (χ0n) is 17.8. The van der Waals surface area contributed by atoms with E-state index in [0.717, 1.165) is 43.6 Å². The third kappa shape index (κ3) is 4.95. The van der Waals surface area contributed by atoms with Crippen LogP contribution in [0.2, 0.25) is 0 Å². The fourth-order valence-corrected chi connectivity index (χ4v) is 4.85. The van der Waals surface area contributed by atoms with E-state index >= 15 is 0 Å². The summed E-state index contributed by atoms with van der Waals surface area (Å²) in [6.07, 6.45) is 10.3. The molecule has 1 N–H and O–H groups in total. The molecule has 1 aliphatic heterocycles. The van der Waals surface area contributed by atoms with Crippen molar-refractivity contribution in [1.29, 1.82) is 0 Å². The maximum Gasteiger partial charge on any atom is 0.227 e. The van der Waals surface area contributed by atoms with E-state index in [4.69, 9.17) is 0 Å². The highest BCUT2D eigenvalue weighted by Gasteiger charge is 2.35. The van der Waals surface area contributed by atoms with Gasteiger partial charge in [-0.2, -0.15) is 5.10 Å². The van der Waals surface area contributed by atoms with Crippen molar-refractivity contribution in [3.05, 3.63) is 17.0 Å². The molecule has 0 unspecified atom stereocenters. The van der Waals surface area contributed by atoms with Crippen LogP contribution in [0.5, 0.6) is 0 Å². The van der Waals surface area contributed by atoms with Gasteiger partial charge in [0.2, 0.25) is 11.8 Å². The van der Waals surface area contributed by atoms with Gasteiger partial charge in [0.05, 0.1) is 11.6 Å². The maximum absolute atomic E-state index is 13.0. The minimum atomic E-state index is -0.0386. The van der Waals surface area contributed by atoms with E-state index in [1.54, 1.807) is 0 Å². The number of carbonyl (C=O) groups excluding carboxylic acids is 2. The summed E-state index contributed by atoms with van der Waals surface area (Å²) in [5, 5.41) is 7.27. The van der Waals surface area contributed by atoms with Gasteiger partial charge in [-0.25, -0.2) is 0 Å². The molecule has 156 valence electrons. The number of aryl methyl sites for hydroxylation is 2. The summed E-state index contributed by atoms with van der Waals surface area (Å²) < 4.78 is 0. The van der Waals surface area contributed by atoms with Crippen LogP contribution in [0.4, 0.5) is 0 Å². The van der Waals surface area contributed by atoms with E-state index in [2.05, 4.69) is 10.2 Å². The van der Waals surface area contributed by atoms with Gasteiger partial charge in [0.15, 0.2) is 0 Å². The van der Waals surface area contributed by atoms with Crippen molar-refractivity contribution in [2.75, 3.05) is 20.1 Å². The zero-order valence-corrected chi connectivity index (χ0v) is 17.8. The Morgan fingerprint density at radius 2 is 1.89 bits per heavy atom. The van der Waals surface area contributed by atoms with Gasteiger partial charge in [-0.05, 0) is 51.5 Å². The van der Waals surface area contributed by atoms with E-state index in [1.165, 1.54) is 31.2 Å². The number of nitrogens with zero attached hydrogens (tertiary/aromatic N) is 3. The molecule has 0 bridgehead atoms. The summed E-state index contributed by atoms with van der Waals surface area (Å²) in [5.74, 6) is 0.416. The molecule has 0 aromatic carbocycles. The van der Waals surface area contributed by atoms with Gasteiger partial charge < -0.3 is 9.80 Å². The maximum atomic E-state index is 13.0. The quantitative estimate of drug-likeness (QED) is 0.760. The van der Waals surface area contributed by atoms with Crippen molar-refractivity contribution in [2.24, 2.45) is 5.92 Å². The highest BCUT2D eigenvalue weighted by atomic mass is 16.2. The summed E-state index contributed by atoms with van der Waals surface area (Å²) in [6.45, 7) is 5.43. The first-order valence-corrected chi connectivity index (χ1v) is 11.0. The number of carbonyl (C=O) groups is 2. The predicted octanol–water partition coefficient (Wildman–Crippen LogP) is 3.38. The molecule has 1 aromatic rings. The van der Waals surface area contributed by atoms with Crippen LogP contribution in [0.25, 0.3) is 0 Å². The Labute approximate surface area is 169 Å². The van der Waals surface area contributed by atoms with Gasteiger partial charge in [0.25, 0.3) is 0 Å². The highest BCUT2D eigenvalue weighted by molar-refractivity contribution is 5.84. The molecule has 3 rings (SSSR count). The minimum absolute atomic E-state index is 0.0386. The molecular formula is C22H36N4O2. The topological polar surface area (TPSA) is 69.3 Å². The predicted molar refractivity (Wildman–Crippen MR) is 110 cm³/mol. The highest BCUT2D eigenvalue weighted by Crippen LogP contribution is 2.28. The fraction of sp³-hybridized carbons (Fsp3) is 0.773. The van der Waals surface area contributed by atoms with Crippen molar-refractivity contribution >= 4 is 11.8 Å². The minimum Gasteiger partial charge on any atom is -0.345 e. The largest absolute Gasteiger partial charge is 0.345 e. The van der Waals surface area contributed by atoms with Crippen LogP contribution < -0.4 is 0 Å². The average Bonchev–Trinajstić information content (AvgIpc) is 2.89. The van der Waals surface area contributed by atoms with Crippen molar-refractivity contribution in [2.45, 2.75) is 84.1 Å². The Hall–Kier alpha value is -1.85. The lowest BCUT2D eigenvalue weighted by atomic mass is 9.93. The smallest absolute Gasteiger partial charge is 0.227 e. The molecule has 0 radical (unpaired) electrons. The number of rotatable bonds is 6. The molecule has 1 saturated heterocycles. The molecule has 28 heavy (non-hydrogen) atoms. The summed E-state index contributed by atoms with van der Waals surface area (Å²) in [6, 6.07) is 0.350. The van der Waals surface area contributed by atoms with Crippen molar-refractivity contribution in [1.82, 2.24) is 20.0 Å². The van der Waals surface area contributed by atoms with E-state index in [0.29, 0.717) is 25.4 Å². The molecule has 1 aromatic heterocycles. The van der Waals surface area contributed by atoms with Gasteiger partial charge in [-0.15, -0.1) is 0 Å². The summed E-state index contributed by atoms with van der Waals surface area (Å²) in [4.78, 5) is 29.4. The normalized spacial score (nSPS) is 21.6. The molecule has 0 spiro atoms. The number of piperidine rings is 1. The van der Waals surface area contributed by atoms with Gasteiger partial charge in [-0.1, -0.05) is 25.7 Å². The van der Waals surface area contributed by atoms with Crippen LogP contribution in [0.3, 0.4) is 0 Å². The lowest BCUT2D eigenvalue weighted by molar-refractivity contribution is -0.144. The van der Waals surface area contributed by atoms with Gasteiger partial charge >= 0.3 is 0 Å². The van der Waals surface area contributed by atoms with E-state index < -0.39 is 0 Å². The van der Waals surface area contributed by atoms with Crippen LogP contribution in [-0.4, -0.2) is 58.0 Å². The van der Waals surface area contributed by atoms with Crippen LogP contribution in [0.15, 0.2) is 0 Å². The lowest BCUT2D eigenvalue weighted by Crippen LogP contribution is -2.50. The average molecular weight is 389 g/mol. The Morgan fingerprint density at radius 1 is 1.18 bits per heavy atom. The summed E-state index contributed by atoms with van der Waals surface area (Å²) in [5.41, 5.74) is 3.44. The molecular weight excluding hydrogens is 352 g/mol. The number of H-pyrrole nitrogens is 1. The second-order valence-corrected chi connectivity index (χ2v) is 8.70. The van der Waals surface area contributed by atoms with Crippen LogP contribution in [0, 0.1) is 19.8 Å². The number of amides is 2.